The molecule has 1 heterocycles. The lowest BCUT2D eigenvalue weighted by Gasteiger charge is -2.09. The zero-order valence-corrected chi connectivity index (χ0v) is 15.9. The molecule has 0 saturated heterocycles. The lowest BCUT2D eigenvalue weighted by Crippen LogP contribution is -2.23. The number of nitrogens with zero attached hydrogens (tertiary/aromatic N) is 1. The molecule has 7 heteroatoms. The number of benzene rings is 1. The number of hydrogen-bond acceptors (Lipinski definition) is 6. The summed E-state index contributed by atoms with van der Waals surface area (Å²) in [6, 6.07) is 9.52. The van der Waals surface area contributed by atoms with Crippen LogP contribution in [0, 0.1) is 18.3 Å². The van der Waals surface area contributed by atoms with Crippen LogP contribution in [0.2, 0.25) is 0 Å². The summed E-state index contributed by atoms with van der Waals surface area (Å²) >= 11 is 1.44. The zero-order valence-electron chi connectivity index (χ0n) is 15.0. The normalized spacial score (nSPS) is 12.6. The summed E-state index contributed by atoms with van der Waals surface area (Å²) in [4.78, 5) is 25.0. The van der Waals surface area contributed by atoms with Crippen LogP contribution in [0.3, 0.4) is 0 Å². The number of carbonyl (C=O) groups is 2. The topological polar surface area (TPSA) is 88.4 Å². The maximum Gasteiger partial charge on any atom is 0.344 e. The molecule has 3 rings (SSSR count). The van der Waals surface area contributed by atoms with Gasteiger partial charge in [0.1, 0.15) is 16.8 Å². The minimum absolute atomic E-state index is 0.269. The van der Waals surface area contributed by atoms with Crippen LogP contribution in [0.4, 0.5) is 5.00 Å². The number of nitriles is 1. The Balaban J connectivity index is 1.50. The van der Waals surface area contributed by atoms with Crippen LogP contribution in [0.1, 0.15) is 34.4 Å². The number of esters is 1. The first-order chi connectivity index (χ1) is 13.1. The number of carbonyl (C=O) groups excluding carboxylic acids is 2. The highest BCUT2D eigenvalue weighted by molar-refractivity contribution is 7.16. The molecule has 1 N–H and O–H groups in total. The Morgan fingerprint density at radius 3 is 2.78 bits per heavy atom. The van der Waals surface area contributed by atoms with Crippen LogP contribution in [0.25, 0.3) is 0 Å². The molecule has 1 aromatic carbocycles. The molecule has 0 radical (unpaired) electrons. The summed E-state index contributed by atoms with van der Waals surface area (Å²) in [6.45, 7) is 1.19. The fourth-order valence-corrected chi connectivity index (χ4v) is 4.23. The Labute approximate surface area is 161 Å². The molecule has 1 aliphatic rings. The first-order valence-corrected chi connectivity index (χ1v) is 9.58. The number of thiophene rings is 1. The van der Waals surface area contributed by atoms with Crippen molar-refractivity contribution in [3.63, 3.8) is 0 Å². The van der Waals surface area contributed by atoms with Gasteiger partial charge in [-0.2, -0.15) is 5.26 Å². The second-order valence-electron chi connectivity index (χ2n) is 6.29. The molecule has 27 heavy (non-hydrogen) atoms. The molecule has 1 amide bonds. The standard InChI is InChI=1S/C20H20N2O4S/c1-13-6-2-4-8-16(13)25-12-19(24)26-11-18(23)22-20-15(10-21)14-7-3-5-9-17(14)27-20/h2,4,6,8H,3,5,7,9,11-12H2,1H3,(H,22,23). The molecule has 0 bridgehead atoms. The van der Waals surface area contributed by atoms with Crippen molar-refractivity contribution in [2.75, 3.05) is 18.5 Å². The van der Waals surface area contributed by atoms with Gasteiger partial charge in [0.2, 0.25) is 0 Å². The first kappa shape index (κ1) is 18.9. The van der Waals surface area contributed by atoms with E-state index in [4.69, 9.17) is 9.47 Å². The van der Waals surface area contributed by atoms with Crippen LogP contribution in [0.15, 0.2) is 24.3 Å². The van der Waals surface area contributed by atoms with Gasteiger partial charge in [0.15, 0.2) is 13.2 Å². The van der Waals surface area contributed by atoms with Gasteiger partial charge in [0, 0.05) is 4.88 Å². The van der Waals surface area contributed by atoms with Gasteiger partial charge >= 0.3 is 5.97 Å². The number of ether oxygens (including phenoxy) is 2. The average Bonchev–Trinajstić information content (AvgIpc) is 3.02. The van der Waals surface area contributed by atoms with E-state index < -0.39 is 18.5 Å². The van der Waals surface area contributed by atoms with Crippen molar-refractivity contribution in [3.8, 4) is 11.8 Å². The predicted molar refractivity (Wildman–Crippen MR) is 102 cm³/mol. The maximum atomic E-state index is 12.1. The van der Waals surface area contributed by atoms with Crippen molar-refractivity contribution in [1.82, 2.24) is 0 Å². The fraction of sp³-hybridized carbons (Fsp3) is 0.350. The predicted octanol–water partition coefficient (Wildman–Crippen LogP) is 3.37. The van der Waals surface area contributed by atoms with Crippen molar-refractivity contribution in [3.05, 3.63) is 45.8 Å². The molecule has 140 valence electrons. The Kier molecular flexibility index (Phi) is 6.09. The van der Waals surface area contributed by atoms with Crippen molar-refractivity contribution < 1.29 is 19.1 Å². The molecule has 2 aromatic rings. The zero-order chi connectivity index (χ0) is 19.2. The summed E-state index contributed by atoms with van der Waals surface area (Å²) < 4.78 is 10.4. The molecule has 0 aliphatic heterocycles. The summed E-state index contributed by atoms with van der Waals surface area (Å²) in [5, 5.41) is 12.6. The average molecular weight is 384 g/mol. The number of aryl methyl sites for hydroxylation is 2. The summed E-state index contributed by atoms with van der Waals surface area (Å²) in [6.07, 6.45) is 3.97. The molecule has 0 spiro atoms. The van der Waals surface area contributed by atoms with E-state index in [-0.39, 0.29) is 6.61 Å². The van der Waals surface area contributed by atoms with E-state index >= 15 is 0 Å². The highest BCUT2D eigenvalue weighted by atomic mass is 32.1. The van der Waals surface area contributed by atoms with E-state index in [9.17, 15) is 14.9 Å². The van der Waals surface area contributed by atoms with Gasteiger partial charge < -0.3 is 14.8 Å². The number of fused-ring (bicyclic) bond motifs is 1. The Morgan fingerprint density at radius 2 is 2.00 bits per heavy atom. The first-order valence-electron chi connectivity index (χ1n) is 8.77. The van der Waals surface area contributed by atoms with E-state index in [1.165, 1.54) is 11.3 Å². The molecule has 1 aliphatic carbocycles. The number of hydrogen-bond donors (Lipinski definition) is 1. The van der Waals surface area contributed by atoms with Crippen LogP contribution in [-0.2, 0) is 27.2 Å². The van der Waals surface area contributed by atoms with Gasteiger partial charge in [0.25, 0.3) is 5.91 Å². The minimum atomic E-state index is -0.626. The van der Waals surface area contributed by atoms with E-state index in [0.29, 0.717) is 16.3 Å². The second-order valence-corrected chi connectivity index (χ2v) is 7.40. The van der Waals surface area contributed by atoms with Crippen LogP contribution < -0.4 is 10.1 Å². The number of amides is 1. The highest BCUT2D eigenvalue weighted by Gasteiger charge is 2.22. The molecule has 1 aromatic heterocycles. The molecule has 0 unspecified atom stereocenters. The summed E-state index contributed by atoms with van der Waals surface area (Å²) in [5.74, 6) is -0.490. The minimum Gasteiger partial charge on any atom is -0.482 e. The van der Waals surface area contributed by atoms with Gasteiger partial charge in [-0.15, -0.1) is 11.3 Å². The molecular weight excluding hydrogens is 364 g/mol. The van der Waals surface area contributed by atoms with E-state index in [1.54, 1.807) is 6.07 Å². The third-order valence-corrected chi connectivity index (χ3v) is 5.55. The SMILES string of the molecule is Cc1ccccc1OCC(=O)OCC(=O)Nc1sc2c(c1C#N)CCCC2. The third kappa shape index (κ3) is 4.66. The lowest BCUT2D eigenvalue weighted by atomic mass is 9.96. The quantitative estimate of drug-likeness (QED) is 0.772. The maximum absolute atomic E-state index is 12.1. The number of para-hydroxylation sites is 1. The van der Waals surface area contributed by atoms with Gasteiger partial charge in [-0.1, -0.05) is 18.2 Å². The Morgan fingerprint density at radius 1 is 1.22 bits per heavy atom. The van der Waals surface area contributed by atoms with E-state index in [0.717, 1.165) is 41.7 Å². The largest absolute Gasteiger partial charge is 0.482 e. The van der Waals surface area contributed by atoms with Gasteiger partial charge in [-0.3, -0.25) is 4.79 Å². The molecule has 0 fully saturated rings. The molecular formula is C20H20N2O4S. The van der Waals surface area contributed by atoms with Crippen LogP contribution >= 0.6 is 11.3 Å². The number of anilines is 1. The van der Waals surface area contributed by atoms with Crippen LogP contribution in [-0.4, -0.2) is 25.1 Å². The second kappa shape index (κ2) is 8.69. The van der Waals surface area contributed by atoms with Gasteiger partial charge in [0.05, 0.1) is 5.56 Å². The monoisotopic (exact) mass is 384 g/mol. The van der Waals surface area contributed by atoms with Crippen molar-refractivity contribution in [2.45, 2.75) is 32.6 Å². The van der Waals surface area contributed by atoms with Crippen molar-refractivity contribution in [2.24, 2.45) is 0 Å². The highest BCUT2D eigenvalue weighted by Crippen LogP contribution is 2.37. The fourth-order valence-electron chi connectivity index (χ4n) is 2.98. The summed E-state index contributed by atoms with van der Waals surface area (Å²) in [5.41, 5.74) is 2.50. The lowest BCUT2D eigenvalue weighted by molar-refractivity contribution is -0.149. The Hall–Kier alpha value is -2.85. The Bertz CT molecular complexity index is 898. The van der Waals surface area contributed by atoms with Crippen molar-refractivity contribution in [1.29, 1.82) is 5.26 Å². The smallest absolute Gasteiger partial charge is 0.344 e. The summed E-state index contributed by atoms with van der Waals surface area (Å²) in [7, 11) is 0. The van der Waals surface area contributed by atoms with Crippen molar-refractivity contribution >= 4 is 28.2 Å². The number of nitrogens with one attached hydrogen (secondary N) is 1. The molecule has 0 saturated carbocycles. The van der Waals surface area contributed by atoms with Gasteiger partial charge in [-0.05, 0) is 49.8 Å². The van der Waals surface area contributed by atoms with E-state index in [1.807, 2.05) is 25.1 Å². The van der Waals surface area contributed by atoms with Crippen LogP contribution in [0.5, 0.6) is 5.75 Å². The third-order valence-electron chi connectivity index (χ3n) is 4.34. The van der Waals surface area contributed by atoms with Gasteiger partial charge in [-0.25, -0.2) is 4.79 Å². The molecule has 0 atom stereocenters. The number of rotatable bonds is 6. The van der Waals surface area contributed by atoms with E-state index in [2.05, 4.69) is 11.4 Å². The molecule has 6 nitrogen and oxygen atoms in total.